The molecule has 0 radical (unpaired) electrons. The van der Waals surface area contributed by atoms with E-state index in [-0.39, 0.29) is 12.5 Å². The minimum Gasteiger partial charge on any atom is -0.452 e. The van der Waals surface area contributed by atoms with Gasteiger partial charge in [0.25, 0.3) is 5.91 Å². The number of ether oxygens (including phenoxy) is 1. The van der Waals surface area contributed by atoms with Crippen molar-refractivity contribution in [3.05, 3.63) is 65.9 Å². The second kappa shape index (κ2) is 8.31. The van der Waals surface area contributed by atoms with E-state index in [0.717, 1.165) is 30.0 Å². The lowest BCUT2D eigenvalue weighted by atomic mass is 10.1. The fourth-order valence-corrected chi connectivity index (χ4v) is 3.61. The van der Waals surface area contributed by atoms with Crippen LogP contribution >= 0.6 is 0 Å². The summed E-state index contributed by atoms with van der Waals surface area (Å²) in [5.74, 6) is -0.909. The van der Waals surface area contributed by atoms with E-state index in [1.54, 1.807) is 6.07 Å². The van der Waals surface area contributed by atoms with E-state index in [0.29, 0.717) is 16.6 Å². The molecule has 0 unspecified atom stereocenters. The number of nitrogens with zero attached hydrogens (tertiary/aromatic N) is 2. The Morgan fingerprint density at radius 2 is 1.79 bits per heavy atom. The molecule has 6 heteroatoms. The van der Waals surface area contributed by atoms with Crippen molar-refractivity contribution in [2.24, 2.45) is 0 Å². The molecule has 29 heavy (non-hydrogen) atoms. The van der Waals surface area contributed by atoms with Crippen LogP contribution in [0.25, 0.3) is 10.9 Å². The molecule has 3 aromatic rings. The zero-order valence-electron chi connectivity index (χ0n) is 16.4. The van der Waals surface area contributed by atoms with Crippen molar-refractivity contribution in [2.75, 3.05) is 29.9 Å². The zero-order chi connectivity index (χ0) is 20.2. The second-order valence-corrected chi connectivity index (χ2v) is 7.19. The maximum Gasteiger partial charge on any atom is 0.339 e. The Kier molecular flexibility index (Phi) is 5.42. The van der Waals surface area contributed by atoms with Gasteiger partial charge in [0, 0.05) is 35.5 Å². The Morgan fingerprint density at radius 3 is 2.55 bits per heavy atom. The number of para-hydroxylation sites is 1. The van der Waals surface area contributed by atoms with Gasteiger partial charge in [0.1, 0.15) is 0 Å². The molecule has 148 valence electrons. The predicted molar refractivity (Wildman–Crippen MR) is 113 cm³/mol. The van der Waals surface area contributed by atoms with Crippen LogP contribution in [-0.4, -0.2) is 36.6 Å². The fourth-order valence-electron chi connectivity index (χ4n) is 3.61. The predicted octanol–water partition coefficient (Wildman–Crippen LogP) is 3.94. The molecule has 2 heterocycles. The van der Waals surface area contributed by atoms with Gasteiger partial charge in [-0.1, -0.05) is 18.2 Å². The first kappa shape index (κ1) is 18.9. The molecule has 6 nitrogen and oxygen atoms in total. The van der Waals surface area contributed by atoms with Crippen molar-refractivity contribution in [1.29, 1.82) is 0 Å². The van der Waals surface area contributed by atoms with Gasteiger partial charge < -0.3 is 15.0 Å². The monoisotopic (exact) mass is 389 g/mol. The van der Waals surface area contributed by atoms with Gasteiger partial charge in [-0.05, 0) is 56.2 Å². The van der Waals surface area contributed by atoms with Crippen LogP contribution in [0.15, 0.2) is 54.6 Å². The van der Waals surface area contributed by atoms with E-state index in [9.17, 15) is 9.59 Å². The quantitative estimate of drug-likeness (QED) is 0.669. The Balaban J connectivity index is 1.37. The molecule has 0 aliphatic carbocycles. The number of aryl methyl sites for hydroxylation is 1. The fraction of sp³-hybridized carbons (Fsp3) is 0.261. The first-order valence-corrected chi connectivity index (χ1v) is 9.78. The highest BCUT2D eigenvalue weighted by molar-refractivity contribution is 6.04. The van der Waals surface area contributed by atoms with Crippen molar-refractivity contribution in [3.63, 3.8) is 0 Å². The minimum absolute atomic E-state index is 0.345. The van der Waals surface area contributed by atoms with Crippen molar-refractivity contribution < 1.29 is 14.3 Å². The lowest BCUT2D eigenvalue weighted by Crippen LogP contribution is -2.21. The van der Waals surface area contributed by atoms with Crippen LogP contribution < -0.4 is 10.2 Å². The first-order chi connectivity index (χ1) is 14.1. The summed E-state index contributed by atoms with van der Waals surface area (Å²) < 4.78 is 5.24. The van der Waals surface area contributed by atoms with E-state index in [2.05, 4.69) is 15.2 Å². The number of carbonyl (C=O) groups excluding carboxylic acids is 2. The summed E-state index contributed by atoms with van der Waals surface area (Å²) >= 11 is 0. The number of amides is 1. The molecule has 1 fully saturated rings. The third kappa shape index (κ3) is 4.37. The number of hydrogen-bond donors (Lipinski definition) is 1. The Hall–Kier alpha value is -3.41. The van der Waals surface area contributed by atoms with Gasteiger partial charge in [0.15, 0.2) is 6.61 Å². The third-order valence-electron chi connectivity index (χ3n) is 5.02. The molecular formula is C23H23N3O3. The summed E-state index contributed by atoms with van der Waals surface area (Å²) in [7, 11) is 0. The van der Waals surface area contributed by atoms with Crippen LogP contribution in [0, 0.1) is 6.92 Å². The Morgan fingerprint density at radius 1 is 1.07 bits per heavy atom. The maximum absolute atomic E-state index is 12.5. The summed E-state index contributed by atoms with van der Waals surface area (Å²) in [6.07, 6.45) is 2.44. The summed E-state index contributed by atoms with van der Waals surface area (Å²) in [6.45, 7) is 3.62. The number of fused-ring (bicyclic) bond motifs is 1. The summed E-state index contributed by atoms with van der Waals surface area (Å²) in [5, 5.41) is 3.48. The molecule has 0 bridgehead atoms. The normalized spacial score (nSPS) is 13.5. The van der Waals surface area contributed by atoms with E-state index in [1.165, 1.54) is 12.8 Å². The van der Waals surface area contributed by atoms with Crippen LogP contribution in [0.2, 0.25) is 0 Å². The number of benzene rings is 2. The van der Waals surface area contributed by atoms with Crippen LogP contribution in [0.4, 0.5) is 11.4 Å². The van der Waals surface area contributed by atoms with Crippen molar-refractivity contribution in [1.82, 2.24) is 4.98 Å². The molecule has 1 aromatic heterocycles. The van der Waals surface area contributed by atoms with E-state index < -0.39 is 5.97 Å². The number of aromatic nitrogens is 1. The van der Waals surface area contributed by atoms with Crippen molar-refractivity contribution >= 4 is 34.2 Å². The van der Waals surface area contributed by atoms with E-state index in [1.807, 2.05) is 55.5 Å². The minimum atomic E-state index is -0.536. The third-order valence-corrected chi connectivity index (χ3v) is 5.02. The molecule has 1 amide bonds. The van der Waals surface area contributed by atoms with E-state index in [4.69, 9.17) is 4.74 Å². The van der Waals surface area contributed by atoms with Crippen molar-refractivity contribution in [3.8, 4) is 0 Å². The number of esters is 1. The highest BCUT2D eigenvalue weighted by Crippen LogP contribution is 2.22. The van der Waals surface area contributed by atoms with Gasteiger partial charge >= 0.3 is 5.97 Å². The van der Waals surface area contributed by atoms with E-state index >= 15 is 0 Å². The number of nitrogens with one attached hydrogen (secondary N) is 1. The van der Waals surface area contributed by atoms with Gasteiger partial charge in [-0.15, -0.1) is 0 Å². The molecule has 0 spiro atoms. The summed E-state index contributed by atoms with van der Waals surface area (Å²) in [6, 6.07) is 16.8. The number of rotatable bonds is 5. The largest absolute Gasteiger partial charge is 0.452 e. The molecule has 1 saturated heterocycles. The lowest BCUT2D eigenvalue weighted by molar-refractivity contribution is -0.119. The topological polar surface area (TPSA) is 71.5 Å². The molecule has 1 N–H and O–H groups in total. The average molecular weight is 389 g/mol. The Bertz CT molecular complexity index is 1040. The highest BCUT2D eigenvalue weighted by atomic mass is 16.5. The van der Waals surface area contributed by atoms with Gasteiger partial charge in [0.2, 0.25) is 0 Å². The van der Waals surface area contributed by atoms with Crippen LogP contribution in [-0.2, 0) is 9.53 Å². The van der Waals surface area contributed by atoms with Crippen LogP contribution in [0.5, 0.6) is 0 Å². The lowest BCUT2D eigenvalue weighted by Gasteiger charge is -2.17. The first-order valence-electron chi connectivity index (χ1n) is 9.78. The standard InChI is InChI=1S/C23H23N3O3/c1-16-14-20(19-6-2-3-7-21(19)24-16)23(28)29-15-22(27)25-17-8-10-18(11-9-17)26-12-4-5-13-26/h2-3,6-11,14H,4-5,12-13,15H2,1H3,(H,25,27). The molecule has 2 aromatic carbocycles. The molecule has 4 rings (SSSR count). The molecular weight excluding hydrogens is 366 g/mol. The molecule has 0 atom stereocenters. The maximum atomic E-state index is 12.5. The number of hydrogen-bond acceptors (Lipinski definition) is 5. The van der Waals surface area contributed by atoms with Gasteiger partial charge in [-0.2, -0.15) is 0 Å². The number of anilines is 2. The number of carbonyl (C=O) groups is 2. The van der Waals surface area contributed by atoms with Crippen molar-refractivity contribution in [2.45, 2.75) is 19.8 Å². The second-order valence-electron chi connectivity index (χ2n) is 7.19. The van der Waals surface area contributed by atoms with Gasteiger partial charge in [-0.3, -0.25) is 9.78 Å². The molecule has 1 aliphatic rings. The Labute approximate surface area is 169 Å². The summed E-state index contributed by atoms with van der Waals surface area (Å²) in [5.41, 5.74) is 3.70. The molecule has 0 saturated carbocycles. The molecule has 1 aliphatic heterocycles. The average Bonchev–Trinajstić information content (AvgIpc) is 3.27. The highest BCUT2D eigenvalue weighted by Gasteiger charge is 2.15. The van der Waals surface area contributed by atoms with Gasteiger partial charge in [-0.25, -0.2) is 4.79 Å². The zero-order valence-corrected chi connectivity index (χ0v) is 16.4. The SMILES string of the molecule is Cc1cc(C(=O)OCC(=O)Nc2ccc(N3CCCC3)cc2)c2ccccc2n1. The van der Waals surface area contributed by atoms with Crippen LogP contribution in [0.1, 0.15) is 28.9 Å². The number of pyridine rings is 1. The smallest absolute Gasteiger partial charge is 0.339 e. The summed E-state index contributed by atoms with van der Waals surface area (Å²) in [4.78, 5) is 31.5. The van der Waals surface area contributed by atoms with Gasteiger partial charge in [0.05, 0.1) is 11.1 Å². The van der Waals surface area contributed by atoms with Crippen LogP contribution in [0.3, 0.4) is 0 Å².